The van der Waals surface area contributed by atoms with E-state index >= 15 is 0 Å². The summed E-state index contributed by atoms with van der Waals surface area (Å²) in [5.74, 6) is -0.119. The molecule has 0 heterocycles. The molecule has 1 aromatic carbocycles. The molecule has 1 amide bonds. The molecule has 20 heavy (non-hydrogen) atoms. The van der Waals surface area contributed by atoms with Crippen LogP contribution in [0.4, 0.5) is 0 Å². The summed E-state index contributed by atoms with van der Waals surface area (Å²) in [6.07, 6.45) is 0.747. The van der Waals surface area contributed by atoms with Crippen LogP contribution in [0.15, 0.2) is 30.3 Å². The lowest BCUT2D eigenvalue weighted by molar-refractivity contribution is -0.132. The molecule has 0 spiro atoms. The quantitative estimate of drug-likeness (QED) is 0.865. The van der Waals surface area contributed by atoms with Crippen LogP contribution in [0.2, 0.25) is 0 Å². The molecule has 0 radical (unpaired) electrons. The van der Waals surface area contributed by atoms with Crippen molar-refractivity contribution in [2.75, 3.05) is 0 Å². The summed E-state index contributed by atoms with van der Waals surface area (Å²) in [5, 5.41) is 2.89. The van der Waals surface area contributed by atoms with E-state index in [1.807, 2.05) is 58.0 Å². The maximum atomic E-state index is 12.0. The number of carbonyl (C=O) groups excluding carboxylic acids is 2. The molecule has 3 nitrogen and oxygen atoms in total. The molecule has 0 bridgehead atoms. The largest absolute Gasteiger partial charge is 0.352 e. The fourth-order valence-corrected chi connectivity index (χ4v) is 2.20. The molecule has 110 valence electrons. The van der Waals surface area contributed by atoms with E-state index in [1.165, 1.54) is 0 Å². The van der Waals surface area contributed by atoms with Gasteiger partial charge in [0.1, 0.15) is 5.78 Å². The Hall–Kier alpha value is -1.64. The molecule has 1 rings (SSSR count). The number of nitrogens with one attached hydrogen (secondary N) is 1. The van der Waals surface area contributed by atoms with Crippen LogP contribution in [-0.4, -0.2) is 11.7 Å². The average molecular weight is 275 g/mol. The highest BCUT2D eigenvalue weighted by molar-refractivity contribution is 5.87. The zero-order valence-electron chi connectivity index (χ0n) is 12.9. The van der Waals surface area contributed by atoms with Gasteiger partial charge in [-0.2, -0.15) is 0 Å². The van der Waals surface area contributed by atoms with Gasteiger partial charge in [0.2, 0.25) is 5.91 Å². The van der Waals surface area contributed by atoms with Crippen molar-refractivity contribution in [1.82, 2.24) is 5.32 Å². The van der Waals surface area contributed by atoms with Crippen molar-refractivity contribution in [3.63, 3.8) is 0 Å². The predicted octanol–water partition coefficient (Wildman–Crippen LogP) is 3.33. The Morgan fingerprint density at radius 2 is 1.75 bits per heavy atom. The maximum absolute atomic E-state index is 12.0. The molecule has 0 aliphatic carbocycles. The molecule has 0 aromatic heterocycles. The Morgan fingerprint density at radius 1 is 1.15 bits per heavy atom. The van der Waals surface area contributed by atoms with Crippen LogP contribution in [0.25, 0.3) is 0 Å². The molecule has 0 aliphatic rings. The van der Waals surface area contributed by atoms with E-state index in [1.54, 1.807) is 0 Å². The first kappa shape index (κ1) is 16.4. The number of ketones is 1. The summed E-state index contributed by atoms with van der Waals surface area (Å²) >= 11 is 0. The summed E-state index contributed by atoms with van der Waals surface area (Å²) < 4.78 is 0. The van der Waals surface area contributed by atoms with Crippen molar-refractivity contribution in [3.8, 4) is 0 Å². The van der Waals surface area contributed by atoms with Crippen molar-refractivity contribution in [2.24, 2.45) is 11.3 Å². The number of amides is 1. The minimum absolute atomic E-state index is 0.0596. The van der Waals surface area contributed by atoms with Gasteiger partial charge in [0.15, 0.2) is 0 Å². The molecule has 0 aliphatic heterocycles. The average Bonchev–Trinajstić information content (AvgIpc) is 2.41. The van der Waals surface area contributed by atoms with Crippen LogP contribution in [0.1, 0.15) is 46.1 Å². The Bertz CT molecular complexity index is 446. The Balaban J connectivity index is 2.57. The van der Waals surface area contributed by atoms with Gasteiger partial charge in [0.25, 0.3) is 0 Å². The lowest BCUT2D eigenvalue weighted by Crippen LogP contribution is -2.34. The molecule has 1 N–H and O–H groups in total. The molecule has 0 saturated carbocycles. The predicted molar refractivity (Wildman–Crippen MR) is 81.1 cm³/mol. The summed E-state index contributed by atoms with van der Waals surface area (Å²) in [4.78, 5) is 24.0. The van der Waals surface area contributed by atoms with E-state index in [2.05, 4.69) is 5.32 Å². The fraction of sp³-hybridized carbons (Fsp3) is 0.529. The summed E-state index contributed by atoms with van der Waals surface area (Å²) in [5.41, 5.74) is 0.881. The van der Waals surface area contributed by atoms with Gasteiger partial charge in [-0.25, -0.2) is 0 Å². The summed E-state index contributed by atoms with van der Waals surface area (Å²) in [6.45, 7) is 8.39. The second-order valence-corrected chi connectivity index (χ2v) is 6.20. The second-order valence-electron chi connectivity index (χ2n) is 6.20. The molecule has 1 aromatic rings. The third-order valence-electron chi connectivity index (χ3n) is 3.50. The normalized spacial score (nSPS) is 12.8. The van der Waals surface area contributed by atoms with Gasteiger partial charge >= 0.3 is 0 Å². The van der Waals surface area contributed by atoms with Gasteiger partial charge in [-0.05, 0) is 11.0 Å². The topological polar surface area (TPSA) is 46.2 Å². The van der Waals surface area contributed by atoms with Crippen molar-refractivity contribution in [3.05, 3.63) is 35.9 Å². The zero-order chi connectivity index (χ0) is 15.2. The van der Waals surface area contributed by atoms with E-state index in [0.717, 1.165) is 5.56 Å². The van der Waals surface area contributed by atoms with E-state index < -0.39 is 0 Å². The van der Waals surface area contributed by atoms with Crippen molar-refractivity contribution in [1.29, 1.82) is 0 Å². The molecule has 1 unspecified atom stereocenters. The Kier molecular flexibility index (Phi) is 5.93. The smallest absolute Gasteiger partial charge is 0.221 e. The highest BCUT2D eigenvalue weighted by Gasteiger charge is 2.31. The number of hydrogen-bond donors (Lipinski definition) is 1. The van der Waals surface area contributed by atoms with Gasteiger partial charge in [0.05, 0.1) is 0 Å². The lowest BCUT2D eigenvalue weighted by atomic mass is 9.75. The first-order chi connectivity index (χ1) is 9.34. The van der Waals surface area contributed by atoms with Gasteiger partial charge in [0, 0.05) is 25.3 Å². The Morgan fingerprint density at radius 3 is 2.25 bits per heavy atom. The van der Waals surface area contributed by atoms with Gasteiger partial charge in [-0.1, -0.05) is 58.0 Å². The van der Waals surface area contributed by atoms with Crippen LogP contribution >= 0.6 is 0 Å². The number of Topliss-reactive ketones (excluding diaryl/α,β-unsaturated/α-hetero) is 1. The third kappa shape index (κ3) is 5.16. The number of rotatable bonds is 6. The highest BCUT2D eigenvalue weighted by atomic mass is 16.2. The fourth-order valence-electron chi connectivity index (χ4n) is 2.20. The number of carbonyl (C=O) groups is 2. The molecule has 1 atom stereocenters. The van der Waals surface area contributed by atoms with Crippen LogP contribution in [0, 0.1) is 11.3 Å². The van der Waals surface area contributed by atoms with E-state index in [0.29, 0.717) is 13.0 Å². The van der Waals surface area contributed by atoms with Crippen LogP contribution in [0.5, 0.6) is 0 Å². The second kappa shape index (κ2) is 7.22. The molecule has 0 fully saturated rings. The number of hydrogen-bond acceptors (Lipinski definition) is 2. The van der Waals surface area contributed by atoms with E-state index in [-0.39, 0.29) is 29.4 Å². The molecular formula is C17H25NO2. The van der Waals surface area contributed by atoms with Crippen molar-refractivity contribution >= 4 is 11.7 Å². The van der Waals surface area contributed by atoms with Crippen LogP contribution in [-0.2, 0) is 16.1 Å². The first-order valence-electron chi connectivity index (χ1n) is 7.18. The number of benzene rings is 1. The van der Waals surface area contributed by atoms with Crippen LogP contribution in [0.3, 0.4) is 0 Å². The molecular weight excluding hydrogens is 250 g/mol. The highest BCUT2D eigenvalue weighted by Crippen LogP contribution is 2.30. The third-order valence-corrected chi connectivity index (χ3v) is 3.50. The standard InChI is InChI=1S/C17H25NO2/c1-5-15(19)14(17(2,3)4)11-16(20)18-12-13-9-7-6-8-10-13/h6-10,14H,5,11-12H2,1-4H3,(H,18,20). The summed E-state index contributed by atoms with van der Waals surface area (Å²) in [6, 6.07) is 9.78. The minimum Gasteiger partial charge on any atom is -0.352 e. The summed E-state index contributed by atoms with van der Waals surface area (Å²) in [7, 11) is 0. The SMILES string of the molecule is CCC(=O)C(CC(=O)NCc1ccccc1)C(C)(C)C. The lowest BCUT2D eigenvalue weighted by Gasteiger charge is -2.28. The van der Waals surface area contributed by atoms with Gasteiger partial charge < -0.3 is 5.32 Å². The maximum Gasteiger partial charge on any atom is 0.221 e. The minimum atomic E-state index is -0.219. The van der Waals surface area contributed by atoms with E-state index in [4.69, 9.17) is 0 Å². The van der Waals surface area contributed by atoms with Gasteiger partial charge in [-0.15, -0.1) is 0 Å². The molecule has 3 heteroatoms. The Labute approximate surface area is 121 Å². The van der Waals surface area contributed by atoms with Crippen molar-refractivity contribution < 1.29 is 9.59 Å². The van der Waals surface area contributed by atoms with E-state index in [9.17, 15) is 9.59 Å². The van der Waals surface area contributed by atoms with Crippen molar-refractivity contribution in [2.45, 2.75) is 47.1 Å². The zero-order valence-corrected chi connectivity index (χ0v) is 12.9. The molecule has 0 saturated heterocycles. The van der Waals surface area contributed by atoms with Gasteiger partial charge in [-0.3, -0.25) is 9.59 Å². The monoisotopic (exact) mass is 275 g/mol. The first-order valence-corrected chi connectivity index (χ1v) is 7.18. The van der Waals surface area contributed by atoms with Crippen LogP contribution < -0.4 is 5.32 Å².